The standard InChI is InChI=1S/C5H7NO2S2/c1-2-3(4(7)8)6-5(9)10-2/h2-3H,1H3,(H,6,9)(H,7,8). The summed E-state index contributed by atoms with van der Waals surface area (Å²) < 4.78 is 0.583. The van der Waals surface area contributed by atoms with Gasteiger partial charge in [0.15, 0.2) is 0 Å². The van der Waals surface area contributed by atoms with Crippen molar-refractivity contribution in [2.24, 2.45) is 0 Å². The minimum Gasteiger partial charge on any atom is -0.480 e. The Balaban J connectivity index is 2.63. The van der Waals surface area contributed by atoms with E-state index in [-0.39, 0.29) is 5.25 Å². The molecule has 2 atom stereocenters. The molecular weight excluding hydrogens is 170 g/mol. The van der Waals surface area contributed by atoms with E-state index in [1.165, 1.54) is 11.8 Å². The number of nitrogens with one attached hydrogen (secondary N) is 1. The Labute approximate surface area is 68.2 Å². The third-order valence-corrected chi connectivity index (χ3v) is 2.68. The van der Waals surface area contributed by atoms with Crippen LogP contribution in [0.25, 0.3) is 0 Å². The lowest BCUT2D eigenvalue weighted by Crippen LogP contribution is -2.37. The van der Waals surface area contributed by atoms with Gasteiger partial charge in [0.25, 0.3) is 0 Å². The van der Waals surface area contributed by atoms with Crippen molar-refractivity contribution in [2.45, 2.75) is 18.2 Å². The monoisotopic (exact) mass is 177 g/mol. The average Bonchev–Trinajstić information content (AvgIpc) is 2.10. The van der Waals surface area contributed by atoms with Gasteiger partial charge in [0.2, 0.25) is 0 Å². The second kappa shape index (κ2) is 2.75. The van der Waals surface area contributed by atoms with E-state index in [4.69, 9.17) is 17.3 Å². The molecule has 1 saturated heterocycles. The first-order valence-corrected chi connectivity index (χ1v) is 4.10. The molecule has 3 nitrogen and oxygen atoms in total. The average molecular weight is 177 g/mol. The minimum absolute atomic E-state index is 0.0463. The van der Waals surface area contributed by atoms with Gasteiger partial charge in [0.1, 0.15) is 10.4 Å². The number of rotatable bonds is 1. The van der Waals surface area contributed by atoms with Gasteiger partial charge in [0, 0.05) is 5.25 Å². The third kappa shape index (κ3) is 1.41. The Morgan fingerprint density at radius 3 is 2.70 bits per heavy atom. The third-order valence-electron chi connectivity index (χ3n) is 1.30. The minimum atomic E-state index is -0.833. The molecule has 1 aliphatic rings. The van der Waals surface area contributed by atoms with Crippen LogP contribution in [0.3, 0.4) is 0 Å². The van der Waals surface area contributed by atoms with Crippen LogP contribution in [0, 0.1) is 0 Å². The fraction of sp³-hybridized carbons (Fsp3) is 0.600. The van der Waals surface area contributed by atoms with E-state index in [0.717, 1.165) is 0 Å². The summed E-state index contributed by atoms with van der Waals surface area (Å²) in [5.74, 6) is -0.833. The zero-order valence-electron chi connectivity index (χ0n) is 5.33. The van der Waals surface area contributed by atoms with E-state index < -0.39 is 12.0 Å². The normalized spacial score (nSPS) is 31.9. The molecule has 56 valence electrons. The molecule has 1 rings (SSSR count). The largest absolute Gasteiger partial charge is 0.480 e. The van der Waals surface area contributed by atoms with Crippen molar-refractivity contribution in [3.05, 3.63) is 0 Å². The fourth-order valence-electron chi connectivity index (χ4n) is 0.778. The molecule has 0 aromatic carbocycles. The first-order valence-electron chi connectivity index (χ1n) is 2.81. The van der Waals surface area contributed by atoms with E-state index in [9.17, 15) is 4.79 Å². The lowest BCUT2D eigenvalue weighted by atomic mass is 10.2. The van der Waals surface area contributed by atoms with Gasteiger partial charge in [-0.2, -0.15) is 0 Å². The van der Waals surface area contributed by atoms with Gasteiger partial charge < -0.3 is 10.4 Å². The molecule has 0 amide bonds. The Morgan fingerprint density at radius 1 is 1.90 bits per heavy atom. The van der Waals surface area contributed by atoms with Crippen molar-refractivity contribution in [1.82, 2.24) is 5.32 Å². The smallest absolute Gasteiger partial charge is 0.327 e. The molecule has 0 saturated carbocycles. The molecular formula is C5H7NO2S2. The van der Waals surface area contributed by atoms with Crippen LogP contribution in [-0.4, -0.2) is 26.7 Å². The van der Waals surface area contributed by atoms with Crippen molar-refractivity contribution in [1.29, 1.82) is 0 Å². The van der Waals surface area contributed by atoms with Crippen LogP contribution in [0.4, 0.5) is 0 Å². The van der Waals surface area contributed by atoms with E-state index in [1.54, 1.807) is 0 Å². The second-order valence-electron chi connectivity index (χ2n) is 2.07. The highest BCUT2D eigenvalue weighted by molar-refractivity contribution is 8.23. The number of hydrogen-bond donors (Lipinski definition) is 2. The Morgan fingerprint density at radius 2 is 2.50 bits per heavy atom. The SMILES string of the molecule is CC1SC(=S)NC1C(=O)O. The summed E-state index contributed by atoms with van der Waals surface area (Å²) >= 11 is 6.18. The fourth-order valence-corrected chi connectivity index (χ4v) is 2.21. The molecule has 0 bridgehead atoms. The summed E-state index contributed by atoms with van der Waals surface area (Å²) in [4.78, 5) is 10.4. The van der Waals surface area contributed by atoms with Gasteiger partial charge in [0.05, 0.1) is 0 Å². The summed E-state index contributed by atoms with van der Waals surface area (Å²) in [5, 5.41) is 11.3. The van der Waals surface area contributed by atoms with E-state index >= 15 is 0 Å². The molecule has 0 radical (unpaired) electrons. The predicted molar refractivity (Wildman–Crippen MR) is 44.2 cm³/mol. The number of carboxylic acid groups (broad SMARTS) is 1. The summed E-state index contributed by atoms with van der Waals surface area (Å²) in [6, 6.07) is -0.502. The molecule has 0 aromatic heterocycles. The maximum atomic E-state index is 10.4. The van der Waals surface area contributed by atoms with Gasteiger partial charge in [-0.25, -0.2) is 4.79 Å². The molecule has 2 unspecified atom stereocenters. The van der Waals surface area contributed by atoms with E-state index in [1.807, 2.05) is 6.92 Å². The Hall–Kier alpha value is -0.290. The molecule has 2 N–H and O–H groups in total. The highest BCUT2D eigenvalue weighted by Gasteiger charge is 2.32. The zero-order valence-corrected chi connectivity index (χ0v) is 6.96. The summed E-state index contributed by atoms with van der Waals surface area (Å²) in [7, 11) is 0. The lowest BCUT2D eigenvalue weighted by molar-refractivity contribution is -0.138. The number of aliphatic carboxylic acids is 1. The number of carboxylic acids is 1. The molecule has 0 spiro atoms. The maximum Gasteiger partial charge on any atom is 0.327 e. The second-order valence-corrected chi connectivity index (χ2v) is 4.12. The first kappa shape index (κ1) is 7.81. The Bertz CT molecular complexity index is 182. The molecule has 1 heterocycles. The van der Waals surface area contributed by atoms with Crippen LogP contribution in [0.5, 0.6) is 0 Å². The molecule has 5 heteroatoms. The zero-order chi connectivity index (χ0) is 7.72. The Kier molecular flexibility index (Phi) is 2.15. The molecule has 10 heavy (non-hydrogen) atoms. The van der Waals surface area contributed by atoms with Crippen LogP contribution in [0.2, 0.25) is 0 Å². The topological polar surface area (TPSA) is 49.3 Å². The highest BCUT2D eigenvalue weighted by Crippen LogP contribution is 2.22. The molecule has 0 aromatic rings. The number of carbonyl (C=O) groups is 1. The molecule has 0 aliphatic carbocycles. The van der Waals surface area contributed by atoms with Gasteiger partial charge in [-0.15, -0.1) is 0 Å². The number of hydrogen-bond acceptors (Lipinski definition) is 3. The molecule has 1 aliphatic heterocycles. The first-order chi connectivity index (χ1) is 4.61. The van der Waals surface area contributed by atoms with E-state index in [2.05, 4.69) is 5.32 Å². The number of thiocarbonyl (C=S) groups is 1. The van der Waals surface area contributed by atoms with Crippen molar-refractivity contribution < 1.29 is 9.90 Å². The van der Waals surface area contributed by atoms with Crippen LogP contribution in [0.1, 0.15) is 6.92 Å². The van der Waals surface area contributed by atoms with Crippen LogP contribution in [0.15, 0.2) is 0 Å². The summed E-state index contributed by atoms with van der Waals surface area (Å²) in [5.41, 5.74) is 0. The quantitative estimate of drug-likeness (QED) is 0.569. The maximum absolute atomic E-state index is 10.4. The van der Waals surface area contributed by atoms with Crippen molar-refractivity contribution in [3.8, 4) is 0 Å². The van der Waals surface area contributed by atoms with Gasteiger partial charge in [-0.3, -0.25) is 0 Å². The summed E-state index contributed by atoms with van der Waals surface area (Å²) in [6.45, 7) is 1.84. The highest BCUT2D eigenvalue weighted by atomic mass is 32.2. The van der Waals surface area contributed by atoms with Gasteiger partial charge >= 0.3 is 5.97 Å². The van der Waals surface area contributed by atoms with Crippen LogP contribution < -0.4 is 5.32 Å². The van der Waals surface area contributed by atoms with E-state index in [0.29, 0.717) is 4.32 Å². The van der Waals surface area contributed by atoms with Crippen LogP contribution >= 0.6 is 24.0 Å². The molecule has 1 fully saturated rings. The van der Waals surface area contributed by atoms with Crippen molar-refractivity contribution in [2.75, 3.05) is 0 Å². The van der Waals surface area contributed by atoms with Gasteiger partial charge in [-0.05, 0) is 0 Å². The number of thioether (sulfide) groups is 1. The lowest BCUT2D eigenvalue weighted by Gasteiger charge is -2.06. The van der Waals surface area contributed by atoms with Gasteiger partial charge in [-0.1, -0.05) is 30.9 Å². The predicted octanol–water partition coefficient (Wildman–Crippen LogP) is 0.449. The van der Waals surface area contributed by atoms with Crippen molar-refractivity contribution >= 4 is 34.3 Å². The van der Waals surface area contributed by atoms with Crippen LogP contribution in [-0.2, 0) is 4.79 Å². The summed E-state index contributed by atoms with van der Waals surface area (Å²) in [6.07, 6.45) is 0. The van der Waals surface area contributed by atoms with Crippen molar-refractivity contribution in [3.63, 3.8) is 0 Å².